The minimum Gasteiger partial charge on any atom is -0.468 e. The fourth-order valence-electron chi connectivity index (χ4n) is 2.31. The fourth-order valence-corrected chi connectivity index (χ4v) is 2.31. The summed E-state index contributed by atoms with van der Waals surface area (Å²) in [5.74, 6) is 0.512. The van der Waals surface area contributed by atoms with E-state index in [1.165, 1.54) is 26.3 Å². The number of rotatable bonds is 3. The first-order valence-electron chi connectivity index (χ1n) is 5.26. The van der Waals surface area contributed by atoms with Gasteiger partial charge in [-0.15, -0.1) is 0 Å². The van der Waals surface area contributed by atoms with Crippen LogP contribution in [0, 0.1) is 5.92 Å². The number of carbonyl (C=O) groups excluding carboxylic acids is 1. The maximum absolute atomic E-state index is 11.7. The number of nitrogens with zero attached hydrogens (tertiary/aromatic N) is 2. The van der Waals surface area contributed by atoms with Crippen molar-refractivity contribution in [1.82, 2.24) is 15.2 Å². The monoisotopic (exact) mass is 209 g/mol. The van der Waals surface area contributed by atoms with E-state index >= 15 is 0 Å². The minimum absolute atomic E-state index is 0.210. The van der Waals surface area contributed by atoms with Crippen LogP contribution in [-0.4, -0.2) is 28.3 Å². The van der Waals surface area contributed by atoms with Crippen LogP contribution < -0.4 is 0 Å². The summed E-state index contributed by atoms with van der Waals surface area (Å²) in [4.78, 5) is 15.8. The molecule has 1 atom stereocenters. The Morgan fingerprint density at radius 2 is 2.33 bits per heavy atom. The van der Waals surface area contributed by atoms with E-state index in [2.05, 4.69) is 15.2 Å². The van der Waals surface area contributed by atoms with Crippen molar-refractivity contribution in [2.45, 2.75) is 31.6 Å². The number of methoxy groups -OCH3 is 1. The van der Waals surface area contributed by atoms with Gasteiger partial charge in [0.05, 0.1) is 7.11 Å². The highest BCUT2D eigenvalue weighted by Gasteiger charge is 2.34. The number of H-pyrrole nitrogens is 1. The number of nitrogens with one attached hydrogen (secondary N) is 1. The molecule has 1 unspecified atom stereocenters. The molecule has 0 spiro atoms. The highest BCUT2D eigenvalue weighted by molar-refractivity contribution is 5.77. The van der Waals surface area contributed by atoms with Crippen molar-refractivity contribution >= 4 is 5.97 Å². The normalized spacial score (nSPS) is 19.0. The van der Waals surface area contributed by atoms with Crippen molar-refractivity contribution in [1.29, 1.82) is 0 Å². The molecule has 1 aromatic rings. The summed E-state index contributed by atoms with van der Waals surface area (Å²) in [6, 6.07) is 0. The van der Waals surface area contributed by atoms with Gasteiger partial charge in [-0.2, -0.15) is 5.10 Å². The van der Waals surface area contributed by atoms with Gasteiger partial charge in [-0.1, -0.05) is 12.8 Å². The Morgan fingerprint density at radius 3 is 2.87 bits per heavy atom. The Bertz CT molecular complexity index is 317. The fraction of sp³-hybridized carbons (Fsp3) is 0.700. The van der Waals surface area contributed by atoms with E-state index in [1.807, 2.05) is 0 Å². The highest BCUT2D eigenvalue weighted by Crippen LogP contribution is 2.36. The molecule has 82 valence electrons. The largest absolute Gasteiger partial charge is 0.468 e. The third-order valence-electron chi connectivity index (χ3n) is 3.05. The Morgan fingerprint density at radius 1 is 1.60 bits per heavy atom. The molecule has 1 saturated carbocycles. The van der Waals surface area contributed by atoms with Gasteiger partial charge in [0.1, 0.15) is 18.1 Å². The maximum Gasteiger partial charge on any atom is 0.316 e. The molecule has 1 aromatic heterocycles. The van der Waals surface area contributed by atoms with Crippen molar-refractivity contribution in [3.63, 3.8) is 0 Å². The third-order valence-corrected chi connectivity index (χ3v) is 3.05. The van der Waals surface area contributed by atoms with Crippen LogP contribution in [0.25, 0.3) is 0 Å². The van der Waals surface area contributed by atoms with Crippen LogP contribution in [0.1, 0.15) is 37.4 Å². The van der Waals surface area contributed by atoms with Crippen molar-refractivity contribution < 1.29 is 9.53 Å². The number of aromatic amines is 1. The standard InChI is InChI=1S/C10H15N3O2/c1-15-10(14)8(7-4-2-3-5-7)9-11-6-12-13-9/h6-8H,2-5H2,1H3,(H,11,12,13). The molecule has 1 fully saturated rings. The number of ether oxygens (including phenoxy) is 1. The van der Waals surface area contributed by atoms with Crippen molar-refractivity contribution in [2.75, 3.05) is 7.11 Å². The van der Waals surface area contributed by atoms with Crippen LogP contribution in [0.2, 0.25) is 0 Å². The van der Waals surface area contributed by atoms with E-state index in [9.17, 15) is 4.79 Å². The van der Waals surface area contributed by atoms with E-state index < -0.39 is 0 Å². The molecule has 0 amide bonds. The smallest absolute Gasteiger partial charge is 0.316 e. The predicted molar refractivity (Wildman–Crippen MR) is 53.1 cm³/mol. The maximum atomic E-state index is 11.7. The highest BCUT2D eigenvalue weighted by atomic mass is 16.5. The number of esters is 1. The Hall–Kier alpha value is -1.39. The summed E-state index contributed by atoms with van der Waals surface area (Å²) >= 11 is 0. The zero-order chi connectivity index (χ0) is 10.7. The van der Waals surface area contributed by atoms with Crippen LogP contribution in [0.15, 0.2) is 6.33 Å². The second kappa shape index (κ2) is 4.42. The van der Waals surface area contributed by atoms with E-state index in [-0.39, 0.29) is 11.9 Å². The molecule has 0 radical (unpaired) electrons. The van der Waals surface area contributed by atoms with Gasteiger partial charge in [0, 0.05) is 0 Å². The van der Waals surface area contributed by atoms with Crippen LogP contribution in [-0.2, 0) is 9.53 Å². The first-order chi connectivity index (χ1) is 7.33. The lowest BCUT2D eigenvalue weighted by Crippen LogP contribution is -2.22. The number of hydrogen-bond acceptors (Lipinski definition) is 4. The Kier molecular flexibility index (Phi) is 2.99. The van der Waals surface area contributed by atoms with E-state index in [1.54, 1.807) is 0 Å². The van der Waals surface area contributed by atoms with Gasteiger partial charge in [-0.25, -0.2) is 4.98 Å². The first-order valence-corrected chi connectivity index (χ1v) is 5.26. The molecule has 15 heavy (non-hydrogen) atoms. The first kappa shape index (κ1) is 10.1. The lowest BCUT2D eigenvalue weighted by Gasteiger charge is -2.18. The average molecular weight is 209 g/mol. The van der Waals surface area contributed by atoms with Crippen LogP contribution in [0.5, 0.6) is 0 Å². The zero-order valence-electron chi connectivity index (χ0n) is 8.77. The topological polar surface area (TPSA) is 67.9 Å². The second-order valence-corrected chi connectivity index (χ2v) is 3.92. The number of carbonyl (C=O) groups is 1. The summed E-state index contributed by atoms with van der Waals surface area (Å²) in [5, 5.41) is 6.55. The second-order valence-electron chi connectivity index (χ2n) is 3.92. The van der Waals surface area contributed by atoms with Gasteiger partial charge in [-0.3, -0.25) is 9.89 Å². The summed E-state index contributed by atoms with van der Waals surface area (Å²) in [6.45, 7) is 0. The molecule has 1 heterocycles. The molecule has 5 heteroatoms. The molecule has 5 nitrogen and oxygen atoms in total. The van der Waals surface area contributed by atoms with E-state index in [0.717, 1.165) is 12.8 Å². The van der Waals surface area contributed by atoms with Gasteiger partial charge in [0.2, 0.25) is 0 Å². The van der Waals surface area contributed by atoms with Gasteiger partial charge in [0.15, 0.2) is 0 Å². The van der Waals surface area contributed by atoms with Crippen LogP contribution in [0.3, 0.4) is 0 Å². The molecule has 1 aliphatic carbocycles. The summed E-state index contributed by atoms with van der Waals surface area (Å²) in [6.07, 6.45) is 5.94. The van der Waals surface area contributed by atoms with Gasteiger partial charge >= 0.3 is 5.97 Å². The third kappa shape index (κ3) is 2.00. The molecule has 0 saturated heterocycles. The molecule has 0 bridgehead atoms. The minimum atomic E-state index is -0.264. The quantitative estimate of drug-likeness (QED) is 0.761. The van der Waals surface area contributed by atoms with Crippen LogP contribution in [0.4, 0.5) is 0 Å². The van der Waals surface area contributed by atoms with Gasteiger partial charge in [0.25, 0.3) is 0 Å². The lowest BCUT2D eigenvalue weighted by molar-refractivity contribution is -0.144. The van der Waals surface area contributed by atoms with Gasteiger partial charge < -0.3 is 4.74 Å². The number of hydrogen-bond donors (Lipinski definition) is 1. The molecule has 0 aromatic carbocycles. The summed E-state index contributed by atoms with van der Waals surface area (Å²) in [5.41, 5.74) is 0. The summed E-state index contributed by atoms with van der Waals surface area (Å²) in [7, 11) is 1.42. The molecular weight excluding hydrogens is 194 g/mol. The van der Waals surface area contributed by atoms with Crippen molar-refractivity contribution in [3.05, 3.63) is 12.2 Å². The lowest BCUT2D eigenvalue weighted by atomic mass is 9.90. The van der Waals surface area contributed by atoms with Gasteiger partial charge in [-0.05, 0) is 18.8 Å². The molecular formula is C10H15N3O2. The van der Waals surface area contributed by atoms with E-state index in [0.29, 0.717) is 11.7 Å². The molecule has 0 aliphatic heterocycles. The van der Waals surface area contributed by atoms with Crippen molar-refractivity contribution in [3.8, 4) is 0 Å². The average Bonchev–Trinajstić information content (AvgIpc) is 2.90. The van der Waals surface area contributed by atoms with Crippen LogP contribution >= 0.6 is 0 Å². The SMILES string of the molecule is COC(=O)C(c1ncn[nH]1)C1CCCC1. The Labute approximate surface area is 88.2 Å². The van der Waals surface area contributed by atoms with Crippen molar-refractivity contribution in [2.24, 2.45) is 5.92 Å². The molecule has 1 N–H and O–H groups in total. The molecule has 1 aliphatic rings. The summed E-state index contributed by atoms with van der Waals surface area (Å²) < 4.78 is 4.82. The van der Waals surface area contributed by atoms with E-state index in [4.69, 9.17) is 4.74 Å². The predicted octanol–water partition coefficient (Wildman–Crippen LogP) is 1.25. The zero-order valence-corrected chi connectivity index (χ0v) is 8.77. The number of aromatic nitrogens is 3. The molecule has 2 rings (SSSR count). The Balaban J connectivity index is 2.19.